The van der Waals surface area contributed by atoms with Crippen LogP contribution in [0.3, 0.4) is 0 Å². The maximum Gasteiger partial charge on any atom is 0.250 e. The third-order valence-electron chi connectivity index (χ3n) is 3.26. The number of benzene rings is 1. The zero-order valence-electron chi connectivity index (χ0n) is 11.5. The summed E-state index contributed by atoms with van der Waals surface area (Å²) in [5.41, 5.74) is 8.34. The van der Waals surface area contributed by atoms with E-state index in [1.807, 2.05) is 35.8 Å². The maximum absolute atomic E-state index is 11.5. The molecule has 0 atom stereocenters. The number of aromatic nitrogens is 1. The van der Waals surface area contributed by atoms with E-state index in [2.05, 4.69) is 5.92 Å². The number of terminal acetylenes is 1. The zero-order valence-corrected chi connectivity index (χ0v) is 11.5. The number of carbonyl (C=O) groups excluding carboxylic acids is 1. The van der Waals surface area contributed by atoms with Crippen LogP contribution in [-0.2, 0) is 6.54 Å². The zero-order chi connectivity index (χ0) is 14.7. The highest BCUT2D eigenvalue weighted by Crippen LogP contribution is 2.32. The molecule has 102 valence electrons. The van der Waals surface area contributed by atoms with E-state index in [4.69, 9.17) is 16.9 Å². The van der Waals surface area contributed by atoms with E-state index in [-0.39, 0.29) is 0 Å². The highest BCUT2D eigenvalue weighted by atomic mass is 16.5. The number of rotatable bonds is 4. The molecular weight excluding hydrogens is 252 g/mol. The SMILES string of the molecule is C#CCn1c(-c2ccccc2OC)cc(C(N)=O)c1C. The molecule has 0 unspecified atom stereocenters. The number of amides is 1. The van der Waals surface area contributed by atoms with Gasteiger partial charge in [0.25, 0.3) is 5.91 Å². The predicted octanol–water partition coefficient (Wildman–Crippen LogP) is 2.20. The van der Waals surface area contributed by atoms with Gasteiger partial charge in [-0.15, -0.1) is 6.42 Å². The summed E-state index contributed by atoms with van der Waals surface area (Å²) < 4.78 is 7.25. The second-order valence-electron chi connectivity index (χ2n) is 4.38. The van der Waals surface area contributed by atoms with E-state index >= 15 is 0 Å². The highest BCUT2D eigenvalue weighted by Gasteiger charge is 2.18. The van der Waals surface area contributed by atoms with Crippen molar-refractivity contribution in [1.29, 1.82) is 0 Å². The van der Waals surface area contributed by atoms with Crippen LogP contribution in [0.2, 0.25) is 0 Å². The van der Waals surface area contributed by atoms with Crippen molar-refractivity contribution in [2.75, 3.05) is 7.11 Å². The number of primary amides is 1. The number of carbonyl (C=O) groups is 1. The van der Waals surface area contributed by atoms with Gasteiger partial charge in [-0.25, -0.2) is 0 Å². The van der Waals surface area contributed by atoms with Crippen molar-refractivity contribution in [1.82, 2.24) is 4.57 Å². The summed E-state index contributed by atoms with van der Waals surface area (Å²) in [5.74, 6) is 2.85. The Hall–Kier alpha value is -2.67. The standard InChI is InChI=1S/C16H16N2O2/c1-4-9-18-11(2)13(16(17)19)10-14(18)12-7-5-6-8-15(12)20-3/h1,5-8,10H,9H2,2-3H3,(H2,17,19). The van der Waals surface area contributed by atoms with Gasteiger partial charge in [0.15, 0.2) is 0 Å². The monoisotopic (exact) mass is 268 g/mol. The first kappa shape index (κ1) is 13.8. The molecule has 1 aromatic carbocycles. The molecule has 2 aromatic rings. The highest BCUT2D eigenvalue weighted by molar-refractivity contribution is 5.96. The minimum absolute atomic E-state index is 0.368. The van der Waals surface area contributed by atoms with Crippen LogP contribution in [0.15, 0.2) is 30.3 Å². The van der Waals surface area contributed by atoms with Gasteiger partial charge in [0.2, 0.25) is 0 Å². The number of hydrogen-bond donors (Lipinski definition) is 1. The normalized spacial score (nSPS) is 10.1. The first-order valence-electron chi connectivity index (χ1n) is 6.17. The van der Waals surface area contributed by atoms with E-state index in [1.165, 1.54) is 0 Å². The van der Waals surface area contributed by atoms with Crippen molar-refractivity contribution in [3.63, 3.8) is 0 Å². The lowest BCUT2D eigenvalue weighted by molar-refractivity contribution is 0.0999. The van der Waals surface area contributed by atoms with Gasteiger partial charge in [0, 0.05) is 11.3 Å². The second-order valence-corrected chi connectivity index (χ2v) is 4.38. The van der Waals surface area contributed by atoms with Gasteiger partial charge >= 0.3 is 0 Å². The van der Waals surface area contributed by atoms with Crippen LogP contribution in [0, 0.1) is 19.3 Å². The van der Waals surface area contributed by atoms with Crippen LogP contribution < -0.4 is 10.5 Å². The fraction of sp³-hybridized carbons (Fsp3) is 0.188. The Balaban J connectivity index is 2.70. The smallest absolute Gasteiger partial charge is 0.250 e. The van der Waals surface area contributed by atoms with Gasteiger partial charge in [-0.2, -0.15) is 0 Å². The summed E-state index contributed by atoms with van der Waals surface area (Å²) in [6, 6.07) is 9.34. The molecule has 4 heteroatoms. The van der Waals surface area contributed by atoms with E-state index in [0.717, 1.165) is 22.7 Å². The lowest BCUT2D eigenvalue weighted by Gasteiger charge is -2.11. The minimum Gasteiger partial charge on any atom is -0.496 e. The van der Waals surface area contributed by atoms with Crippen molar-refractivity contribution < 1.29 is 9.53 Å². The molecule has 0 aliphatic heterocycles. The fourth-order valence-electron chi connectivity index (χ4n) is 2.27. The summed E-state index contributed by atoms with van der Waals surface area (Å²) in [6.07, 6.45) is 5.41. The Morgan fingerprint density at radius 3 is 2.75 bits per heavy atom. The molecule has 0 spiro atoms. The maximum atomic E-state index is 11.5. The van der Waals surface area contributed by atoms with E-state index in [0.29, 0.717) is 12.1 Å². The van der Waals surface area contributed by atoms with Crippen molar-refractivity contribution in [3.8, 4) is 29.4 Å². The Bertz CT molecular complexity index is 693. The van der Waals surface area contributed by atoms with Gasteiger partial charge in [-0.3, -0.25) is 4.79 Å². The van der Waals surface area contributed by atoms with Crippen LogP contribution in [0.5, 0.6) is 5.75 Å². The first-order valence-corrected chi connectivity index (χ1v) is 6.17. The third-order valence-corrected chi connectivity index (χ3v) is 3.26. The van der Waals surface area contributed by atoms with Crippen molar-refractivity contribution >= 4 is 5.91 Å². The molecule has 0 bridgehead atoms. The van der Waals surface area contributed by atoms with Gasteiger partial charge in [-0.1, -0.05) is 18.1 Å². The number of nitrogens with zero attached hydrogens (tertiary/aromatic N) is 1. The molecule has 1 heterocycles. The summed E-state index contributed by atoms with van der Waals surface area (Å²) >= 11 is 0. The number of methoxy groups -OCH3 is 1. The van der Waals surface area contributed by atoms with Gasteiger partial charge in [0.05, 0.1) is 24.9 Å². The second kappa shape index (κ2) is 5.54. The van der Waals surface area contributed by atoms with Crippen molar-refractivity contribution in [2.24, 2.45) is 5.73 Å². The number of ether oxygens (including phenoxy) is 1. The Morgan fingerprint density at radius 1 is 1.45 bits per heavy atom. The minimum atomic E-state index is -0.464. The molecule has 0 saturated heterocycles. The number of para-hydroxylation sites is 1. The van der Waals surface area contributed by atoms with E-state index in [9.17, 15) is 4.79 Å². The molecule has 0 aliphatic carbocycles. The van der Waals surface area contributed by atoms with Gasteiger partial charge in [-0.05, 0) is 25.1 Å². The van der Waals surface area contributed by atoms with Crippen molar-refractivity contribution in [2.45, 2.75) is 13.5 Å². The molecule has 4 nitrogen and oxygen atoms in total. The van der Waals surface area contributed by atoms with Crippen LogP contribution in [0.4, 0.5) is 0 Å². The van der Waals surface area contributed by atoms with Crippen LogP contribution >= 0.6 is 0 Å². The Kier molecular flexibility index (Phi) is 3.81. The Morgan fingerprint density at radius 2 is 2.15 bits per heavy atom. The quantitative estimate of drug-likeness (QED) is 0.864. The van der Waals surface area contributed by atoms with Crippen LogP contribution in [0.1, 0.15) is 16.1 Å². The molecule has 1 aromatic heterocycles. The molecule has 0 radical (unpaired) electrons. The lowest BCUT2D eigenvalue weighted by Crippen LogP contribution is -2.12. The van der Waals surface area contributed by atoms with Crippen LogP contribution in [-0.4, -0.2) is 17.6 Å². The average Bonchev–Trinajstić information content (AvgIpc) is 2.77. The first-order chi connectivity index (χ1) is 9.60. The lowest BCUT2D eigenvalue weighted by atomic mass is 10.1. The van der Waals surface area contributed by atoms with Crippen LogP contribution in [0.25, 0.3) is 11.3 Å². The molecular formula is C16H16N2O2. The molecule has 0 fully saturated rings. The molecule has 2 N–H and O–H groups in total. The van der Waals surface area contributed by atoms with E-state index in [1.54, 1.807) is 13.2 Å². The molecule has 20 heavy (non-hydrogen) atoms. The third kappa shape index (κ3) is 2.26. The molecule has 1 amide bonds. The topological polar surface area (TPSA) is 57.2 Å². The predicted molar refractivity (Wildman–Crippen MR) is 78.5 cm³/mol. The summed E-state index contributed by atoms with van der Waals surface area (Å²) in [4.78, 5) is 11.5. The summed E-state index contributed by atoms with van der Waals surface area (Å²) in [5, 5.41) is 0. The van der Waals surface area contributed by atoms with Gasteiger partial charge in [0.1, 0.15) is 5.75 Å². The summed E-state index contributed by atoms with van der Waals surface area (Å²) in [7, 11) is 1.61. The fourth-order valence-corrected chi connectivity index (χ4v) is 2.27. The number of hydrogen-bond acceptors (Lipinski definition) is 2. The van der Waals surface area contributed by atoms with Crippen molar-refractivity contribution in [3.05, 3.63) is 41.6 Å². The molecule has 0 saturated carbocycles. The average molecular weight is 268 g/mol. The van der Waals surface area contributed by atoms with Gasteiger partial charge < -0.3 is 15.0 Å². The largest absolute Gasteiger partial charge is 0.496 e. The van der Waals surface area contributed by atoms with E-state index < -0.39 is 5.91 Å². The number of nitrogens with two attached hydrogens (primary N) is 1. The summed E-state index contributed by atoms with van der Waals surface area (Å²) in [6.45, 7) is 2.20. The molecule has 0 aliphatic rings. The molecule has 2 rings (SSSR count). The Labute approximate surface area is 118 Å².